The van der Waals surface area contributed by atoms with Crippen LogP contribution < -0.4 is 0 Å². The van der Waals surface area contributed by atoms with E-state index in [1.54, 1.807) is 9.80 Å². The average molecular weight is 345 g/mol. The Morgan fingerprint density at radius 3 is 1.88 bits per heavy atom. The summed E-state index contributed by atoms with van der Waals surface area (Å²) in [5.41, 5.74) is 0. The second-order valence-electron chi connectivity index (χ2n) is 6.11. The van der Waals surface area contributed by atoms with Gasteiger partial charge in [-0.25, -0.2) is 0 Å². The van der Waals surface area contributed by atoms with Gasteiger partial charge in [0.1, 0.15) is 0 Å². The van der Waals surface area contributed by atoms with E-state index in [0.717, 1.165) is 12.8 Å². The Labute approximate surface area is 141 Å². The van der Waals surface area contributed by atoms with E-state index in [-0.39, 0.29) is 25.7 Å². The molecule has 24 heavy (non-hydrogen) atoms. The van der Waals surface area contributed by atoms with Gasteiger partial charge in [0, 0.05) is 38.8 Å². The Hall–Kier alpha value is -1.71. The maximum absolute atomic E-state index is 11.2. The Balaban J connectivity index is 2.93. The molecule has 0 aromatic carbocycles. The molecular weight excluding hydrogens is 318 g/mol. The zero-order chi connectivity index (χ0) is 18.1. The minimum atomic E-state index is -0.950. The summed E-state index contributed by atoms with van der Waals surface area (Å²) in [6, 6.07) is -0.0600. The highest BCUT2D eigenvalue weighted by Crippen LogP contribution is 2.12. The fourth-order valence-corrected chi connectivity index (χ4v) is 3.03. The van der Waals surface area contributed by atoms with Gasteiger partial charge in [-0.2, -0.15) is 0 Å². The van der Waals surface area contributed by atoms with Gasteiger partial charge >= 0.3 is 17.9 Å². The molecule has 9 nitrogen and oxygen atoms in total. The van der Waals surface area contributed by atoms with E-state index in [9.17, 15) is 14.4 Å². The first-order valence-corrected chi connectivity index (χ1v) is 8.16. The van der Waals surface area contributed by atoms with Crippen molar-refractivity contribution in [2.24, 2.45) is 0 Å². The molecule has 0 aromatic heterocycles. The average Bonchev–Trinajstić information content (AvgIpc) is 2.51. The molecule has 138 valence electrons. The lowest BCUT2D eigenvalue weighted by molar-refractivity contribution is -0.140. The van der Waals surface area contributed by atoms with Crippen LogP contribution in [0.1, 0.15) is 19.8 Å². The first-order chi connectivity index (χ1) is 11.3. The van der Waals surface area contributed by atoms with Crippen LogP contribution in [0.4, 0.5) is 0 Å². The number of rotatable bonds is 8. The molecule has 0 amide bonds. The molecule has 0 radical (unpaired) electrons. The maximum atomic E-state index is 11.2. The Morgan fingerprint density at radius 2 is 1.33 bits per heavy atom. The van der Waals surface area contributed by atoms with Crippen LogP contribution >= 0.6 is 0 Å². The molecule has 9 heteroatoms. The normalized spacial score (nSPS) is 21.6. The molecule has 1 saturated heterocycles. The van der Waals surface area contributed by atoms with Gasteiger partial charge in [0.15, 0.2) is 0 Å². The van der Waals surface area contributed by atoms with E-state index in [2.05, 4.69) is 0 Å². The van der Waals surface area contributed by atoms with Gasteiger partial charge in [0.05, 0.1) is 19.6 Å². The van der Waals surface area contributed by atoms with Crippen molar-refractivity contribution in [3.8, 4) is 0 Å². The summed E-state index contributed by atoms with van der Waals surface area (Å²) >= 11 is 0. The quantitative estimate of drug-likeness (QED) is 0.525. The summed E-state index contributed by atoms with van der Waals surface area (Å²) in [6.07, 6.45) is 1.63. The lowest BCUT2D eigenvalue weighted by Crippen LogP contribution is -2.47. The highest BCUT2D eigenvalue weighted by atomic mass is 16.4. The van der Waals surface area contributed by atoms with Gasteiger partial charge in [-0.1, -0.05) is 13.3 Å². The first-order valence-electron chi connectivity index (χ1n) is 8.16. The van der Waals surface area contributed by atoms with E-state index in [1.807, 2.05) is 11.8 Å². The fourth-order valence-electron chi connectivity index (χ4n) is 3.03. The van der Waals surface area contributed by atoms with Crippen molar-refractivity contribution in [3.05, 3.63) is 0 Å². The van der Waals surface area contributed by atoms with Crippen molar-refractivity contribution in [1.82, 2.24) is 14.7 Å². The number of hydrogen-bond donors (Lipinski definition) is 3. The van der Waals surface area contributed by atoms with Crippen molar-refractivity contribution < 1.29 is 29.7 Å². The van der Waals surface area contributed by atoms with Gasteiger partial charge in [-0.05, 0) is 6.42 Å². The third kappa shape index (κ3) is 7.71. The first kappa shape index (κ1) is 20.3. The lowest BCUT2D eigenvalue weighted by atomic mass is 10.1. The zero-order valence-corrected chi connectivity index (χ0v) is 14.1. The van der Waals surface area contributed by atoms with Crippen LogP contribution in [-0.4, -0.2) is 106 Å². The smallest absolute Gasteiger partial charge is 0.317 e. The molecule has 0 spiro atoms. The summed E-state index contributed by atoms with van der Waals surface area (Å²) < 4.78 is 0. The number of carboxylic acids is 3. The van der Waals surface area contributed by atoms with Gasteiger partial charge in [0.25, 0.3) is 0 Å². The van der Waals surface area contributed by atoms with Crippen LogP contribution in [0.5, 0.6) is 0 Å². The summed E-state index contributed by atoms with van der Waals surface area (Å²) in [7, 11) is 0. The standard InChI is InChI=1S/C15H27N3O6/c1-2-3-12-8-17(10-14(21)22)5-4-16(9-13(19)20)6-7-18(12)11-15(23)24/h12H,2-11H2,1H3,(H,19,20)(H,21,22)(H,23,24). The third-order valence-electron chi connectivity index (χ3n) is 4.10. The molecule has 1 aliphatic heterocycles. The molecule has 1 atom stereocenters. The van der Waals surface area contributed by atoms with Gasteiger partial charge < -0.3 is 15.3 Å². The molecule has 1 rings (SSSR count). The Kier molecular flexibility index (Phi) is 8.66. The molecule has 0 aliphatic carbocycles. The molecular formula is C15H27N3O6. The van der Waals surface area contributed by atoms with E-state index in [4.69, 9.17) is 15.3 Å². The van der Waals surface area contributed by atoms with Crippen LogP contribution in [0.15, 0.2) is 0 Å². The molecule has 0 bridgehead atoms. The predicted molar refractivity (Wildman–Crippen MR) is 86.1 cm³/mol. The zero-order valence-electron chi connectivity index (χ0n) is 14.1. The van der Waals surface area contributed by atoms with Crippen molar-refractivity contribution in [2.75, 3.05) is 52.4 Å². The molecule has 0 aromatic rings. The molecule has 1 heterocycles. The summed E-state index contributed by atoms with van der Waals surface area (Å²) in [6.45, 7) is 3.85. The van der Waals surface area contributed by atoms with Crippen molar-refractivity contribution in [2.45, 2.75) is 25.8 Å². The summed E-state index contributed by atoms with van der Waals surface area (Å²) in [4.78, 5) is 38.5. The van der Waals surface area contributed by atoms with Crippen LogP contribution in [0.25, 0.3) is 0 Å². The second kappa shape index (κ2) is 10.2. The van der Waals surface area contributed by atoms with E-state index in [1.165, 1.54) is 0 Å². The Bertz CT molecular complexity index is 445. The summed E-state index contributed by atoms with van der Waals surface area (Å²) in [5, 5.41) is 27.2. The minimum Gasteiger partial charge on any atom is -0.480 e. The van der Waals surface area contributed by atoms with Crippen LogP contribution in [0, 0.1) is 0 Å². The molecule has 3 N–H and O–H groups in total. The third-order valence-corrected chi connectivity index (χ3v) is 4.10. The second-order valence-corrected chi connectivity index (χ2v) is 6.11. The number of carboxylic acid groups (broad SMARTS) is 3. The van der Waals surface area contributed by atoms with Gasteiger partial charge in [-0.15, -0.1) is 0 Å². The van der Waals surface area contributed by atoms with Crippen LogP contribution in [0.2, 0.25) is 0 Å². The van der Waals surface area contributed by atoms with Gasteiger partial charge in [-0.3, -0.25) is 29.1 Å². The predicted octanol–water partition coefficient (Wildman–Crippen LogP) is -0.671. The van der Waals surface area contributed by atoms with E-state index >= 15 is 0 Å². The molecule has 1 aliphatic rings. The lowest BCUT2D eigenvalue weighted by Gasteiger charge is -2.33. The largest absolute Gasteiger partial charge is 0.480 e. The SMILES string of the molecule is CCCC1CN(CC(=O)O)CCN(CC(=O)O)CCN1CC(=O)O. The van der Waals surface area contributed by atoms with E-state index < -0.39 is 17.9 Å². The van der Waals surface area contributed by atoms with Crippen molar-refractivity contribution in [1.29, 1.82) is 0 Å². The number of carbonyl (C=O) groups is 3. The minimum absolute atomic E-state index is 0.0600. The number of nitrogens with zero attached hydrogens (tertiary/aromatic N) is 3. The van der Waals surface area contributed by atoms with Crippen molar-refractivity contribution in [3.63, 3.8) is 0 Å². The van der Waals surface area contributed by atoms with Crippen LogP contribution in [0.3, 0.4) is 0 Å². The Morgan fingerprint density at radius 1 is 0.833 bits per heavy atom. The monoisotopic (exact) mass is 345 g/mol. The van der Waals surface area contributed by atoms with Gasteiger partial charge in [0.2, 0.25) is 0 Å². The van der Waals surface area contributed by atoms with E-state index in [0.29, 0.717) is 32.7 Å². The molecule has 1 unspecified atom stereocenters. The highest BCUT2D eigenvalue weighted by molar-refractivity contribution is 5.70. The van der Waals surface area contributed by atoms with Crippen LogP contribution in [-0.2, 0) is 14.4 Å². The maximum Gasteiger partial charge on any atom is 0.317 e. The number of aliphatic carboxylic acids is 3. The molecule has 0 saturated carbocycles. The van der Waals surface area contributed by atoms with Crippen molar-refractivity contribution >= 4 is 17.9 Å². The number of hydrogen-bond acceptors (Lipinski definition) is 6. The molecule has 1 fully saturated rings. The fraction of sp³-hybridized carbons (Fsp3) is 0.800. The summed E-state index contributed by atoms with van der Waals surface area (Å²) in [5.74, 6) is -2.84. The topological polar surface area (TPSA) is 122 Å². The highest BCUT2D eigenvalue weighted by Gasteiger charge is 2.26.